The fourth-order valence-electron chi connectivity index (χ4n) is 2.16. The number of anilines is 1. The summed E-state index contributed by atoms with van der Waals surface area (Å²) in [6.07, 6.45) is 1.09. The van der Waals surface area contributed by atoms with Crippen molar-refractivity contribution in [1.82, 2.24) is 9.88 Å². The Kier molecular flexibility index (Phi) is 4.80. The van der Waals surface area contributed by atoms with Crippen LogP contribution in [-0.2, 0) is 4.74 Å². The average molecular weight is 284 g/mol. The topological polar surface area (TPSA) is 71.7 Å². The molecule has 1 saturated heterocycles. The van der Waals surface area contributed by atoms with E-state index in [-0.39, 0.29) is 11.5 Å². The fraction of sp³-hybridized carbons (Fsp3) is 0.583. The van der Waals surface area contributed by atoms with Crippen molar-refractivity contribution in [2.45, 2.75) is 0 Å². The zero-order valence-electron chi connectivity index (χ0n) is 11.3. The summed E-state index contributed by atoms with van der Waals surface area (Å²) in [5.41, 5.74) is -0.329. The standard InChI is InChI=1S/C12H17FN4O3/c1-20-7-6-15-2-4-16(5-3-15)12-11(13)8-10(9-14-12)17(18)19/h8-9H,2-7H2,1H3. The Bertz CT molecular complexity index is 478. The largest absolute Gasteiger partial charge is 0.383 e. The highest BCUT2D eigenvalue weighted by Crippen LogP contribution is 2.21. The second-order valence-electron chi connectivity index (χ2n) is 4.58. The predicted octanol–water partition coefficient (Wildman–Crippen LogP) is 0.897. The molecule has 0 N–H and O–H groups in total. The van der Waals surface area contributed by atoms with E-state index < -0.39 is 10.7 Å². The van der Waals surface area contributed by atoms with Crippen LogP contribution in [0.5, 0.6) is 0 Å². The van der Waals surface area contributed by atoms with Gasteiger partial charge < -0.3 is 9.64 Å². The Morgan fingerprint density at radius 3 is 2.70 bits per heavy atom. The predicted molar refractivity (Wildman–Crippen MR) is 71.4 cm³/mol. The van der Waals surface area contributed by atoms with Gasteiger partial charge in [0.1, 0.15) is 6.20 Å². The molecule has 0 amide bonds. The maximum atomic E-state index is 13.9. The van der Waals surface area contributed by atoms with Crippen LogP contribution in [0.2, 0.25) is 0 Å². The summed E-state index contributed by atoms with van der Waals surface area (Å²) in [7, 11) is 1.66. The van der Waals surface area contributed by atoms with Crippen LogP contribution < -0.4 is 4.90 Å². The molecule has 0 aliphatic carbocycles. The van der Waals surface area contributed by atoms with Gasteiger partial charge in [-0.2, -0.15) is 0 Å². The molecule has 8 heteroatoms. The molecule has 0 saturated carbocycles. The molecule has 1 aliphatic rings. The maximum Gasteiger partial charge on any atom is 0.290 e. The van der Waals surface area contributed by atoms with Crippen LogP contribution in [-0.4, -0.2) is 61.2 Å². The van der Waals surface area contributed by atoms with Crippen molar-refractivity contribution in [1.29, 1.82) is 0 Å². The summed E-state index contributed by atoms with van der Waals surface area (Å²) >= 11 is 0. The van der Waals surface area contributed by atoms with Crippen molar-refractivity contribution in [3.63, 3.8) is 0 Å². The Balaban J connectivity index is 1.98. The smallest absolute Gasteiger partial charge is 0.290 e. The highest BCUT2D eigenvalue weighted by atomic mass is 19.1. The number of ether oxygens (including phenoxy) is 1. The molecule has 110 valence electrons. The molecule has 0 aromatic carbocycles. The first-order chi connectivity index (χ1) is 9.61. The van der Waals surface area contributed by atoms with Gasteiger partial charge in [-0.1, -0.05) is 0 Å². The van der Waals surface area contributed by atoms with Crippen LogP contribution in [0.3, 0.4) is 0 Å². The van der Waals surface area contributed by atoms with E-state index in [1.807, 2.05) is 4.90 Å². The number of piperazine rings is 1. The normalized spacial score (nSPS) is 16.4. The Hall–Kier alpha value is -1.80. The summed E-state index contributed by atoms with van der Waals surface area (Å²) in [4.78, 5) is 17.8. The van der Waals surface area contributed by atoms with Crippen molar-refractivity contribution in [3.05, 3.63) is 28.2 Å². The number of hydrogen-bond donors (Lipinski definition) is 0. The lowest BCUT2D eigenvalue weighted by molar-refractivity contribution is -0.385. The van der Waals surface area contributed by atoms with Gasteiger partial charge in [-0.05, 0) is 0 Å². The van der Waals surface area contributed by atoms with Gasteiger partial charge in [-0.15, -0.1) is 0 Å². The van der Waals surface area contributed by atoms with Crippen molar-refractivity contribution in [3.8, 4) is 0 Å². The number of nitro groups is 1. The van der Waals surface area contributed by atoms with E-state index in [0.717, 1.165) is 31.9 Å². The maximum absolute atomic E-state index is 13.9. The van der Waals surface area contributed by atoms with E-state index in [2.05, 4.69) is 9.88 Å². The molecule has 2 heterocycles. The number of methoxy groups -OCH3 is 1. The molecular formula is C12H17FN4O3. The minimum Gasteiger partial charge on any atom is -0.383 e. The van der Waals surface area contributed by atoms with Crippen LogP contribution in [0.1, 0.15) is 0 Å². The number of nitrogens with zero attached hydrogens (tertiary/aromatic N) is 4. The molecule has 0 unspecified atom stereocenters. The van der Waals surface area contributed by atoms with E-state index in [4.69, 9.17) is 4.74 Å². The van der Waals surface area contributed by atoms with E-state index in [1.165, 1.54) is 0 Å². The highest BCUT2D eigenvalue weighted by Gasteiger charge is 2.22. The van der Waals surface area contributed by atoms with Crippen molar-refractivity contribution in [2.75, 3.05) is 51.3 Å². The third-order valence-electron chi connectivity index (χ3n) is 3.30. The van der Waals surface area contributed by atoms with Crippen molar-refractivity contribution < 1.29 is 14.1 Å². The van der Waals surface area contributed by atoms with Gasteiger partial charge in [-0.25, -0.2) is 9.37 Å². The molecule has 20 heavy (non-hydrogen) atoms. The van der Waals surface area contributed by atoms with Gasteiger partial charge in [0.15, 0.2) is 11.6 Å². The lowest BCUT2D eigenvalue weighted by Crippen LogP contribution is -2.47. The van der Waals surface area contributed by atoms with Gasteiger partial charge in [0.25, 0.3) is 5.69 Å². The molecule has 1 aliphatic heterocycles. The van der Waals surface area contributed by atoms with Crippen LogP contribution in [0.15, 0.2) is 12.3 Å². The summed E-state index contributed by atoms with van der Waals surface area (Å²) in [6.45, 7) is 4.39. The van der Waals surface area contributed by atoms with Gasteiger partial charge >= 0.3 is 0 Å². The third-order valence-corrected chi connectivity index (χ3v) is 3.30. The van der Waals surface area contributed by atoms with Crippen LogP contribution in [0.4, 0.5) is 15.9 Å². The molecule has 2 rings (SSSR count). The van der Waals surface area contributed by atoms with E-state index in [9.17, 15) is 14.5 Å². The second-order valence-corrected chi connectivity index (χ2v) is 4.58. The number of pyridine rings is 1. The first kappa shape index (κ1) is 14.6. The van der Waals surface area contributed by atoms with Crippen LogP contribution in [0, 0.1) is 15.9 Å². The van der Waals surface area contributed by atoms with Crippen molar-refractivity contribution in [2.24, 2.45) is 0 Å². The zero-order valence-corrected chi connectivity index (χ0v) is 11.3. The van der Waals surface area contributed by atoms with Crippen molar-refractivity contribution >= 4 is 11.5 Å². The van der Waals surface area contributed by atoms with E-state index in [0.29, 0.717) is 19.7 Å². The lowest BCUT2D eigenvalue weighted by atomic mass is 10.3. The molecule has 0 atom stereocenters. The minimum atomic E-state index is -0.650. The van der Waals surface area contributed by atoms with Gasteiger partial charge in [0, 0.05) is 39.8 Å². The fourth-order valence-corrected chi connectivity index (χ4v) is 2.16. The lowest BCUT2D eigenvalue weighted by Gasteiger charge is -2.35. The summed E-state index contributed by atoms with van der Waals surface area (Å²) in [5, 5.41) is 10.6. The Labute approximate surface area is 116 Å². The zero-order chi connectivity index (χ0) is 14.5. The number of halogens is 1. The Morgan fingerprint density at radius 1 is 1.45 bits per heavy atom. The number of hydrogen-bond acceptors (Lipinski definition) is 6. The third kappa shape index (κ3) is 3.40. The summed E-state index contributed by atoms with van der Waals surface area (Å²) in [6, 6.07) is 0.916. The summed E-state index contributed by atoms with van der Waals surface area (Å²) in [5.74, 6) is -0.466. The van der Waals surface area contributed by atoms with Gasteiger partial charge in [0.05, 0.1) is 17.6 Å². The van der Waals surface area contributed by atoms with Crippen LogP contribution >= 0.6 is 0 Å². The average Bonchev–Trinajstić information content (AvgIpc) is 2.45. The second kappa shape index (κ2) is 6.58. The molecular weight excluding hydrogens is 267 g/mol. The number of aromatic nitrogens is 1. The van der Waals surface area contributed by atoms with Gasteiger partial charge in [-0.3, -0.25) is 15.0 Å². The van der Waals surface area contributed by atoms with Gasteiger partial charge in [0.2, 0.25) is 0 Å². The molecule has 0 spiro atoms. The molecule has 0 radical (unpaired) electrons. The number of rotatable bonds is 5. The highest BCUT2D eigenvalue weighted by molar-refractivity contribution is 5.45. The summed E-state index contributed by atoms with van der Waals surface area (Å²) < 4.78 is 18.9. The SMILES string of the molecule is COCCN1CCN(c2ncc([N+](=O)[O-])cc2F)CC1. The monoisotopic (exact) mass is 284 g/mol. The molecule has 7 nitrogen and oxygen atoms in total. The quantitative estimate of drug-likeness (QED) is 0.591. The van der Waals surface area contributed by atoms with E-state index in [1.54, 1.807) is 7.11 Å². The molecule has 1 fully saturated rings. The molecule has 1 aromatic rings. The first-order valence-corrected chi connectivity index (χ1v) is 6.38. The molecule has 0 bridgehead atoms. The van der Waals surface area contributed by atoms with E-state index >= 15 is 0 Å². The van der Waals surface area contributed by atoms with Crippen LogP contribution in [0.25, 0.3) is 0 Å². The first-order valence-electron chi connectivity index (χ1n) is 6.38. The minimum absolute atomic E-state index is 0.182. The Morgan fingerprint density at radius 2 is 2.15 bits per heavy atom. The molecule has 1 aromatic heterocycles.